The molecule has 0 saturated carbocycles. The minimum Gasteiger partial charge on any atom is -0.494 e. The zero-order chi connectivity index (χ0) is 15.5. The number of amides is 1. The van der Waals surface area contributed by atoms with Crippen LogP contribution in [0.1, 0.15) is 34.8 Å². The van der Waals surface area contributed by atoms with Crippen LogP contribution in [0.15, 0.2) is 48.5 Å². The number of ether oxygens (including phenoxy) is 1. The SMILES string of the molecule is CCCOc1ccc2c(c1)C(=O)N(C)/C2=C/c1ccccc1. The van der Waals surface area contributed by atoms with E-state index in [1.54, 1.807) is 4.90 Å². The van der Waals surface area contributed by atoms with Crippen LogP contribution in [0.5, 0.6) is 5.75 Å². The quantitative estimate of drug-likeness (QED) is 0.850. The lowest BCUT2D eigenvalue weighted by atomic mass is 10.1. The summed E-state index contributed by atoms with van der Waals surface area (Å²) >= 11 is 0. The molecule has 0 radical (unpaired) electrons. The Labute approximate surface area is 130 Å². The van der Waals surface area contributed by atoms with E-state index in [9.17, 15) is 4.79 Å². The molecule has 0 saturated heterocycles. The lowest BCUT2D eigenvalue weighted by Crippen LogP contribution is -2.17. The predicted octanol–water partition coefficient (Wildman–Crippen LogP) is 4.06. The number of carbonyl (C=O) groups is 1. The van der Waals surface area contributed by atoms with Crippen LogP contribution < -0.4 is 4.74 Å². The van der Waals surface area contributed by atoms with E-state index in [0.29, 0.717) is 12.2 Å². The highest BCUT2D eigenvalue weighted by atomic mass is 16.5. The molecule has 3 heteroatoms. The summed E-state index contributed by atoms with van der Waals surface area (Å²) in [6.45, 7) is 2.72. The molecule has 0 aliphatic carbocycles. The van der Waals surface area contributed by atoms with Crippen molar-refractivity contribution in [3.05, 3.63) is 65.2 Å². The van der Waals surface area contributed by atoms with E-state index in [2.05, 4.69) is 6.92 Å². The van der Waals surface area contributed by atoms with Gasteiger partial charge in [0, 0.05) is 12.6 Å². The third-order valence-corrected chi connectivity index (χ3v) is 3.74. The molecule has 112 valence electrons. The van der Waals surface area contributed by atoms with Gasteiger partial charge >= 0.3 is 0 Å². The first-order chi connectivity index (χ1) is 10.7. The van der Waals surface area contributed by atoms with Crippen LogP contribution in [0.2, 0.25) is 0 Å². The van der Waals surface area contributed by atoms with Gasteiger partial charge in [-0.1, -0.05) is 37.3 Å². The first-order valence-electron chi connectivity index (χ1n) is 7.52. The zero-order valence-electron chi connectivity index (χ0n) is 12.9. The molecule has 0 atom stereocenters. The molecule has 0 bridgehead atoms. The van der Waals surface area contributed by atoms with Crippen LogP contribution in [0, 0.1) is 0 Å². The highest BCUT2D eigenvalue weighted by Crippen LogP contribution is 2.35. The molecule has 0 spiro atoms. The molecule has 22 heavy (non-hydrogen) atoms. The number of benzene rings is 2. The summed E-state index contributed by atoms with van der Waals surface area (Å²) in [4.78, 5) is 14.1. The van der Waals surface area contributed by atoms with Gasteiger partial charge in [-0.25, -0.2) is 0 Å². The summed E-state index contributed by atoms with van der Waals surface area (Å²) < 4.78 is 5.63. The second-order valence-corrected chi connectivity index (χ2v) is 5.36. The molecule has 2 aromatic carbocycles. The molecule has 1 amide bonds. The molecule has 1 aliphatic heterocycles. The fourth-order valence-electron chi connectivity index (χ4n) is 2.59. The lowest BCUT2D eigenvalue weighted by Gasteiger charge is -2.11. The first kappa shape index (κ1) is 14.4. The number of hydrogen-bond donors (Lipinski definition) is 0. The van der Waals surface area contributed by atoms with Gasteiger partial charge in [0.2, 0.25) is 0 Å². The van der Waals surface area contributed by atoms with Crippen LogP contribution in [-0.2, 0) is 0 Å². The fraction of sp³-hybridized carbons (Fsp3) is 0.211. The Bertz CT molecular complexity index is 719. The van der Waals surface area contributed by atoms with Gasteiger partial charge in [-0.2, -0.15) is 0 Å². The van der Waals surface area contributed by atoms with E-state index in [1.807, 2.05) is 61.7 Å². The molecule has 0 unspecified atom stereocenters. The molecule has 3 nitrogen and oxygen atoms in total. The Balaban J connectivity index is 2.00. The fourth-order valence-corrected chi connectivity index (χ4v) is 2.59. The second-order valence-electron chi connectivity index (χ2n) is 5.36. The van der Waals surface area contributed by atoms with Gasteiger partial charge in [0.05, 0.1) is 17.9 Å². The maximum Gasteiger partial charge on any atom is 0.258 e. The Kier molecular flexibility index (Phi) is 3.96. The van der Waals surface area contributed by atoms with Gasteiger partial charge in [-0.05, 0) is 36.3 Å². The third-order valence-electron chi connectivity index (χ3n) is 3.74. The molecular weight excluding hydrogens is 274 g/mol. The van der Waals surface area contributed by atoms with Gasteiger partial charge in [0.25, 0.3) is 5.91 Å². The lowest BCUT2D eigenvalue weighted by molar-refractivity contribution is 0.0874. The van der Waals surface area contributed by atoms with Gasteiger partial charge in [0.15, 0.2) is 0 Å². The normalized spacial score (nSPS) is 15.3. The minimum atomic E-state index is 0.0131. The maximum absolute atomic E-state index is 12.5. The first-order valence-corrected chi connectivity index (χ1v) is 7.52. The van der Waals surface area contributed by atoms with Gasteiger partial charge in [-0.3, -0.25) is 4.79 Å². The summed E-state index contributed by atoms with van der Waals surface area (Å²) in [5, 5.41) is 0. The molecule has 0 N–H and O–H groups in total. The third kappa shape index (κ3) is 2.62. The van der Waals surface area contributed by atoms with E-state index in [-0.39, 0.29) is 5.91 Å². The number of carbonyl (C=O) groups excluding carboxylic acids is 1. The van der Waals surface area contributed by atoms with Crippen molar-refractivity contribution in [1.82, 2.24) is 4.90 Å². The van der Waals surface area contributed by atoms with Crippen LogP contribution in [0.3, 0.4) is 0 Å². The Morgan fingerprint density at radius 2 is 1.86 bits per heavy atom. The zero-order valence-corrected chi connectivity index (χ0v) is 12.9. The van der Waals surface area contributed by atoms with Crippen LogP contribution in [-0.4, -0.2) is 24.5 Å². The monoisotopic (exact) mass is 293 g/mol. The topological polar surface area (TPSA) is 29.5 Å². The highest BCUT2D eigenvalue weighted by molar-refractivity contribution is 6.11. The maximum atomic E-state index is 12.5. The van der Waals surface area contributed by atoms with E-state index >= 15 is 0 Å². The standard InChI is InChI=1S/C19H19NO2/c1-3-11-22-15-9-10-16-17(13-15)19(21)20(2)18(16)12-14-7-5-4-6-8-14/h4-10,12-13H,3,11H2,1-2H3/b18-12+. The summed E-state index contributed by atoms with van der Waals surface area (Å²) in [5.74, 6) is 0.766. The number of rotatable bonds is 4. The number of fused-ring (bicyclic) bond motifs is 1. The van der Waals surface area contributed by atoms with Crippen molar-refractivity contribution in [1.29, 1.82) is 0 Å². The molecule has 1 aliphatic rings. The van der Waals surface area contributed by atoms with Crippen molar-refractivity contribution in [2.24, 2.45) is 0 Å². The van der Waals surface area contributed by atoms with E-state index in [0.717, 1.165) is 29.0 Å². The van der Waals surface area contributed by atoms with Crippen molar-refractivity contribution >= 4 is 17.7 Å². The molecular formula is C19H19NO2. The van der Waals surface area contributed by atoms with Crippen molar-refractivity contribution in [3.8, 4) is 5.75 Å². The van der Waals surface area contributed by atoms with Gasteiger partial charge < -0.3 is 9.64 Å². The Hall–Kier alpha value is -2.55. The summed E-state index contributed by atoms with van der Waals surface area (Å²) in [7, 11) is 1.81. The largest absolute Gasteiger partial charge is 0.494 e. The molecule has 0 aromatic heterocycles. The molecule has 3 rings (SSSR count). The molecule has 2 aromatic rings. The molecule has 0 fully saturated rings. The Morgan fingerprint density at radius 1 is 1.09 bits per heavy atom. The van der Waals surface area contributed by atoms with Crippen molar-refractivity contribution in [2.75, 3.05) is 13.7 Å². The smallest absolute Gasteiger partial charge is 0.258 e. The van der Waals surface area contributed by atoms with Crippen LogP contribution >= 0.6 is 0 Å². The van der Waals surface area contributed by atoms with Crippen LogP contribution in [0.4, 0.5) is 0 Å². The summed E-state index contributed by atoms with van der Waals surface area (Å²) in [6.07, 6.45) is 2.99. The summed E-state index contributed by atoms with van der Waals surface area (Å²) in [5.41, 5.74) is 3.67. The van der Waals surface area contributed by atoms with E-state index in [1.165, 1.54) is 0 Å². The van der Waals surface area contributed by atoms with Gasteiger partial charge in [0.1, 0.15) is 5.75 Å². The van der Waals surface area contributed by atoms with E-state index in [4.69, 9.17) is 4.74 Å². The number of nitrogens with zero attached hydrogens (tertiary/aromatic N) is 1. The minimum absolute atomic E-state index is 0.0131. The number of hydrogen-bond acceptors (Lipinski definition) is 2. The predicted molar refractivity (Wildman–Crippen MR) is 88.6 cm³/mol. The van der Waals surface area contributed by atoms with Crippen LogP contribution in [0.25, 0.3) is 11.8 Å². The second kappa shape index (κ2) is 6.06. The van der Waals surface area contributed by atoms with Gasteiger partial charge in [-0.15, -0.1) is 0 Å². The van der Waals surface area contributed by atoms with Crippen molar-refractivity contribution < 1.29 is 9.53 Å². The Morgan fingerprint density at radius 3 is 2.59 bits per heavy atom. The van der Waals surface area contributed by atoms with Crippen molar-refractivity contribution in [2.45, 2.75) is 13.3 Å². The van der Waals surface area contributed by atoms with Crippen molar-refractivity contribution in [3.63, 3.8) is 0 Å². The summed E-state index contributed by atoms with van der Waals surface area (Å²) in [6, 6.07) is 15.8. The average molecular weight is 293 g/mol. The molecule has 1 heterocycles. The van der Waals surface area contributed by atoms with E-state index < -0.39 is 0 Å². The highest BCUT2D eigenvalue weighted by Gasteiger charge is 2.29. The average Bonchev–Trinajstić information content (AvgIpc) is 2.79.